The van der Waals surface area contributed by atoms with Crippen LogP contribution in [0.2, 0.25) is 0 Å². The molecule has 0 spiro atoms. The smallest absolute Gasteiger partial charge is 0.0264 e. The molecule has 0 N–H and O–H groups in total. The Hall–Kier alpha value is 0. The molecule has 0 amide bonds. The lowest BCUT2D eigenvalue weighted by atomic mass is 9.50. The molecular formula is C22H40. The molecule has 22 heavy (non-hydrogen) atoms. The summed E-state index contributed by atoms with van der Waals surface area (Å²) in [5, 5.41) is 0. The number of rotatable bonds is 2. The summed E-state index contributed by atoms with van der Waals surface area (Å²) in [6, 6.07) is 0. The Kier molecular flexibility index (Phi) is 4.70. The summed E-state index contributed by atoms with van der Waals surface area (Å²) in [5.41, 5.74) is 1.27. The van der Waals surface area contributed by atoms with Crippen molar-refractivity contribution in [3.8, 4) is 0 Å². The molecule has 6 unspecified atom stereocenters. The van der Waals surface area contributed by atoms with Gasteiger partial charge < -0.3 is 0 Å². The average Bonchev–Trinajstić information content (AvgIpc) is 2.81. The largest absolute Gasteiger partial charge is 0.0651 e. The molecule has 0 aromatic carbocycles. The molecule has 0 bridgehead atoms. The molecule has 0 nitrogen and oxygen atoms in total. The minimum Gasteiger partial charge on any atom is -0.0651 e. The zero-order valence-corrected chi connectivity index (χ0v) is 16.0. The van der Waals surface area contributed by atoms with E-state index in [-0.39, 0.29) is 0 Å². The van der Waals surface area contributed by atoms with Crippen molar-refractivity contribution in [3.63, 3.8) is 0 Å². The minimum absolute atomic E-state index is 0.598. The van der Waals surface area contributed by atoms with E-state index in [2.05, 4.69) is 34.6 Å². The van der Waals surface area contributed by atoms with Crippen LogP contribution in [0.15, 0.2) is 0 Å². The SMILES string of the molecule is CCC(C)C1CCC2C3CCCCCC(C)(C)C3CCC12C. The Bertz CT molecular complexity index is 381. The third-order valence-corrected chi connectivity index (χ3v) is 8.70. The van der Waals surface area contributed by atoms with Gasteiger partial charge in [-0.15, -0.1) is 0 Å². The van der Waals surface area contributed by atoms with Crippen LogP contribution in [-0.4, -0.2) is 0 Å². The van der Waals surface area contributed by atoms with E-state index in [1.165, 1.54) is 51.4 Å². The Morgan fingerprint density at radius 3 is 2.36 bits per heavy atom. The van der Waals surface area contributed by atoms with Crippen LogP contribution in [-0.2, 0) is 0 Å². The van der Waals surface area contributed by atoms with Crippen LogP contribution in [0.1, 0.15) is 98.8 Å². The lowest BCUT2D eigenvalue weighted by Crippen LogP contribution is -2.47. The summed E-state index contributed by atoms with van der Waals surface area (Å²) in [5.74, 6) is 5.05. The Balaban J connectivity index is 1.86. The van der Waals surface area contributed by atoms with Gasteiger partial charge in [-0.25, -0.2) is 0 Å². The van der Waals surface area contributed by atoms with E-state index in [9.17, 15) is 0 Å². The third-order valence-electron chi connectivity index (χ3n) is 8.70. The van der Waals surface area contributed by atoms with Gasteiger partial charge in [-0.3, -0.25) is 0 Å². The van der Waals surface area contributed by atoms with Gasteiger partial charge in [-0.1, -0.05) is 60.3 Å². The van der Waals surface area contributed by atoms with Gasteiger partial charge in [0.1, 0.15) is 0 Å². The van der Waals surface area contributed by atoms with Crippen molar-refractivity contribution in [2.24, 2.45) is 40.4 Å². The topological polar surface area (TPSA) is 0 Å². The highest BCUT2D eigenvalue weighted by Crippen LogP contribution is 2.64. The van der Waals surface area contributed by atoms with E-state index in [4.69, 9.17) is 0 Å². The molecule has 0 aromatic rings. The second-order valence-electron chi connectivity index (χ2n) is 10.1. The highest BCUT2D eigenvalue weighted by molar-refractivity contribution is 5.05. The second kappa shape index (κ2) is 6.14. The molecule has 0 heterocycles. The van der Waals surface area contributed by atoms with Crippen LogP contribution in [0.25, 0.3) is 0 Å². The first-order valence-corrected chi connectivity index (χ1v) is 10.4. The Morgan fingerprint density at radius 2 is 1.64 bits per heavy atom. The van der Waals surface area contributed by atoms with E-state index < -0.39 is 0 Å². The predicted octanol–water partition coefficient (Wildman–Crippen LogP) is 7.08. The van der Waals surface area contributed by atoms with Gasteiger partial charge in [0.25, 0.3) is 0 Å². The molecule has 0 saturated heterocycles. The summed E-state index contributed by atoms with van der Waals surface area (Å²) in [6.45, 7) is 12.8. The summed E-state index contributed by atoms with van der Waals surface area (Å²) < 4.78 is 0. The first-order chi connectivity index (χ1) is 10.4. The Morgan fingerprint density at radius 1 is 0.864 bits per heavy atom. The van der Waals surface area contributed by atoms with Gasteiger partial charge >= 0.3 is 0 Å². The molecule has 0 aromatic heterocycles. The second-order valence-corrected chi connectivity index (χ2v) is 10.1. The van der Waals surface area contributed by atoms with Gasteiger partial charge in [-0.05, 0) is 78.9 Å². The molecule has 3 aliphatic rings. The van der Waals surface area contributed by atoms with Gasteiger partial charge in [0, 0.05) is 0 Å². The number of fused-ring (bicyclic) bond motifs is 3. The molecule has 6 atom stereocenters. The number of hydrogen-bond acceptors (Lipinski definition) is 0. The maximum Gasteiger partial charge on any atom is -0.0264 e. The van der Waals surface area contributed by atoms with Crippen LogP contribution in [0.3, 0.4) is 0 Å². The standard InChI is InChI=1S/C22H40/c1-6-16(2)18-11-12-20-17-10-8-7-9-14-21(3,4)19(17)13-15-22(18,20)5/h16-20H,6-15H2,1-5H3. The Labute approximate surface area is 139 Å². The molecule has 3 saturated carbocycles. The lowest BCUT2D eigenvalue weighted by molar-refractivity contribution is -0.0542. The van der Waals surface area contributed by atoms with Gasteiger partial charge in [-0.2, -0.15) is 0 Å². The molecular weight excluding hydrogens is 264 g/mol. The van der Waals surface area contributed by atoms with Crippen molar-refractivity contribution in [2.75, 3.05) is 0 Å². The zero-order valence-electron chi connectivity index (χ0n) is 16.0. The fourth-order valence-electron chi connectivity index (χ4n) is 7.24. The monoisotopic (exact) mass is 304 g/mol. The van der Waals surface area contributed by atoms with Crippen molar-refractivity contribution in [1.29, 1.82) is 0 Å². The van der Waals surface area contributed by atoms with Crippen LogP contribution < -0.4 is 0 Å². The summed E-state index contributed by atoms with van der Waals surface area (Å²) in [7, 11) is 0. The summed E-state index contributed by atoms with van der Waals surface area (Å²) in [6.07, 6.45) is 15.0. The fraction of sp³-hybridized carbons (Fsp3) is 1.00. The normalized spacial score (nSPS) is 46.2. The van der Waals surface area contributed by atoms with Crippen LogP contribution in [0, 0.1) is 40.4 Å². The first-order valence-electron chi connectivity index (χ1n) is 10.4. The quantitative estimate of drug-likeness (QED) is 0.511. The zero-order chi connectivity index (χ0) is 16.0. The van der Waals surface area contributed by atoms with Crippen LogP contribution >= 0.6 is 0 Å². The van der Waals surface area contributed by atoms with E-state index in [1.807, 2.05) is 0 Å². The van der Waals surface area contributed by atoms with Crippen molar-refractivity contribution >= 4 is 0 Å². The van der Waals surface area contributed by atoms with Crippen molar-refractivity contribution in [1.82, 2.24) is 0 Å². The lowest BCUT2D eigenvalue weighted by Gasteiger charge is -2.54. The maximum absolute atomic E-state index is 2.70. The van der Waals surface area contributed by atoms with E-state index in [0.717, 1.165) is 29.6 Å². The first kappa shape index (κ1) is 16.8. The van der Waals surface area contributed by atoms with Crippen molar-refractivity contribution in [2.45, 2.75) is 98.8 Å². The molecule has 128 valence electrons. The van der Waals surface area contributed by atoms with Crippen molar-refractivity contribution in [3.05, 3.63) is 0 Å². The molecule has 0 radical (unpaired) electrons. The molecule has 0 heteroatoms. The van der Waals surface area contributed by atoms with E-state index in [1.54, 1.807) is 12.8 Å². The van der Waals surface area contributed by atoms with E-state index in [0.29, 0.717) is 10.8 Å². The highest BCUT2D eigenvalue weighted by atomic mass is 14.6. The predicted molar refractivity (Wildman–Crippen MR) is 96.9 cm³/mol. The average molecular weight is 305 g/mol. The van der Waals surface area contributed by atoms with Gasteiger partial charge in [0.2, 0.25) is 0 Å². The third kappa shape index (κ3) is 2.67. The van der Waals surface area contributed by atoms with Crippen LogP contribution in [0.4, 0.5) is 0 Å². The van der Waals surface area contributed by atoms with Gasteiger partial charge in [0.05, 0.1) is 0 Å². The highest BCUT2D eigenvalue weighted by Gasteiger charge is 2.56. The minimum atomic E-state index is 0.598. The molecule has 3 rings (SSSR count). The maximum atomic E-state index is 2.70. The molecule has 3 aliphatic carbocycles. The summed E-state index contributed by atoms with van der Waals surface area (Å²) in [4.78, 5) is 0. The van der Waals surface area contributed by atoms with Gasteiger partial charge in [0.15, 0.2) is 0 Å². The van der Waals surface area contributed by atoms with Crippen LogP contribution in [0.5, 0.6) is 0 Å². The van der Waals surface area contributed by atoms with Crippen molar-refractivity contribution < 1.29 is 0 Å². The number of hydrogen-bond donors (Lipinski definition) is 0. The summed E-state index contributed by atoms with van der Waals surface area (Å²) >= 11 is 0. The molecule has 0 aliphatic heterocycles. The molecule has 3 fully saturated rings. The van der Waals surface area contributed by atoms with E-state index >= 15 is 0 Å². The fourth-order valence-corrected chi connectivity index (χ4v) is 7.24.